The smallest absolute Gasteiger partial charge is 0.253 e. The maximum atomic E-state index is 13.4. The molecule has 1 aliphatic heterocycles. The summed E-state index contributed by atoms with van der Waals surface area (Å²) in [4.78, 5) is 37.0. The number of aryl methyl sites for hydroxylation is 2. The van der Waals surface area contributed by atoms with Crippen molar-refractivity contribution in [2.75, 3.05) is 10.2 Å². The van der Waals surface area contributed by atoms with Crippen LogP contribution in [0, 0.1) is 13.8 Å². The van der Waals surface area contributed by atoms with E-state index in [9.17, 15) is 9.59 Å². The van der Waals surface area contributed by atoms with Crippen molar-refractivity contribution in [3.05, 3.63) is 83.7 Å². The zero-order chi connectivity index (χ0) is 22.2. The first-order valence-corrected chi connectivity index (χ1v) is 10.6. The van der Waals surface area contributed by atoms with Crippen LogP contribution in [0.2, 0.25) is 0 Å². The predicted octanol–water partition coefficient (Wildman–Crippen LogP) is 4.16. The predicted molar refractivity (Wildman–Crippen MR) is 123 cm³/mol. The summed E-state index contributed by atoms with van der Waals surface area (Å²) in [5.41, 5.74) is 5.38. The molecule has 1 atom stereocenters. The van der Waals surface area contributed by atoms with E-state index < -0.39 is 6.04 Å². The highest BCUT2D eigenvalue weighted by Crippen LogP contribution is 2.37. The fourth-order valence-corrected chi connectivity index (χ4v) is 4.11. The van der Waals surface area contributed by atoms with Crippen molar-refractivity contribution < 1.29 is 9.59 Å². The van der Waals surface area contributed by atoms with E-state index in [4.69, 9.17) is 4.98 Å². The third-order valence-corrected chi connectivity index (χ3v) is 5.90. The highest BCUT2D eigenvalue weighted by molar-refractivity contribution is 6.05. The fourth-order valence-electron chi connectivity index (χ4n) is 4.11. The molecule has 0 bridgehead atoms. The molecule has 5 rings (SSSR count). The quantitative estimate of drug-likeness (QED) is 0.521. The van der Waals surface area contributed by atoms with Crippen molar-refractivity contribution in [2.24, 2.45) is 0 Å². The van der Waals surface area contributed by atoms with Crippen LogP contribution in [0.5, 0.6) is 0 Å². The van der Waals surface area contributed by atoms with E-state index in [1.165, 1.54) is 0 Å². The monoisotopic (exact) mass is 425 g/mol. The van der Waals surface area contributed by atoms with Gasteiger partial charge in [0.25, 0.3) is 5.91 Å². The lowest BCUT2D eigenvalue weighted by molar-refractivity contribution is -0.124. The third-order valence-electron chi connectivity index (χ3n) is 5.90. The highest BCUT2D eigenvalue weighted by atomic mass is 16.2. The molecule has 160 valence electrons. The summed E-state index contributed by atoms with van der Waals surface area (Å²) in [6, 6.07) is 18.4. The number of carbonyl (C=O) groups excluding carboxylic acids is 2. The molecule has 7 heteroatoms. The second-order valence-corrected chi connectivity index (χ2v) is 8.08. The Kier molecular flexibility index (Phi) is 4.93. The summed E-state index contributed by atoms with van der Waals surface area (Å²) in [6.07, 6.45) is 1.73. The van der Waals surface area contributed by atoms with Gasteiger partial charge in [-0.1, -0.05) is 24.3 Å². The lowest BCUT2D eigenvalue weighted by atomic mass is 10.1. The second kappa shape index (κ2) is 7.92. The highest BCUT2D eigenvalue weighted by Gasteiger charge is 2.41. The maximum absolute atomic E-state index is 13.4. The van der Waals surface area contributed by atoms with Gasteiger partial charge in [0.2, 0.25) is 11.9 Å². The summed E-state index contributed by atoms with van der Waals surface area (Å²) >= 11 is 0. The maximum Gasteiger partial charge on any atom is 0.253 e. The van der Waals surface area contributed by atoms with Crippen LogP contribution in [0.25, 0.3) is 11.0 Å². The van der Waals surface area contributed by atoms with Crippen LogP contribution in [0.1, 0.15) is 29.3 Å². The first-order chi connectivity index (χ1) is 15.5. The normalized spacial score (nSPS) is 15.2. The van der Waals surface area contributed by atoms with Crippen molar-refractivity contribution in [1.82, 2.24) is 14.5 Å². The molecule has 0 saturated heterocycles. The molecule has 1 N–H and O–H groups in total. The first kappa shape index (κ1) is 19.9. The van der Waals surface area contributed by atoms with Gasteiger partial charge in [0.15, 0.2) is 0 Å². The van der Waals surface area contributed by atoms with Gasteiger partial charge in [-0.25, -0.2) is 4.98 Å². The molecule has 0 saturated carbocycles. The Morgan fingerprint density at radius 2 is 1.84 bits per heavy atom. The van der Waals surface area contributed by atoms with Crippen LogP contribution in [0.4, 0.5) is 11.6 Å². The Morgan fingerprint density at radius 1 is 1.03 bits per heavy atom. The summed E-state index contributed by atoms with van der Waals surface area (Å²) in [7, 11) is 0. The number of amides is 2. The van der Waals surface area contributed by atoms with Gasteiger partial charge in [0.1, 0.15) is 6.04 Å². The van der Waals surface area contributed by atoms with Crippen molar-refractivity contribution in [3.8, 4) is 0 Å². The van der Waals surface area contributed by atoms with E-state index in [0.717, 1.165) is 33.5 Å². The van der Waals surface area contributed by atoms with Crippen LogP contribution in [-0.2, 0) is 16.1 Å². The Labute approximate surface area is 185 Å². The van der Waals surface area contributed by atoms with Gasteiger partial charge in [0, 0.05) is 11.9 Å². The molecule has 2 amide bonds. The molecule has 7 nitrogen and oxygen atoms in total. The zero-order valence-corrected chi connectivity index (χ0v) is 17.9. The van der Waals surface area contributed by atoms with Crippen LogP contribution in [0.15, 0.2) is 66.9 Å². The molecular weight excluding hydrogens is 402 g/mol. The average molecular weight is 425 g/mol. The molecular formula is C25H23N5O2. The first-order valence-electron chi connectivity index (χ1n) is 10.6. The minimum absolute atomic E-state index is 0.0256. The molecule has 32 heavy (non-hydrogen) atoms. The summed E-state index contributed by atoms with van der Waals surface area (Å²) < 4.78 is 1.88. The Morgan fingerprint density at radius 3 is 2.62 bits per heavy atom. The average Bonchev–Trinajstić information content (AvgIpc) is 3.28. The number of para-hydroxylation sites is 2. The fraction of sp³-hybridized carbons (Fsp3) is 0.200. The number of anilines is 2. The molecule has 0 spiro atoms. The van der Waals surface area contributed by atoms with Crippen molar-refractivity contribution in [2.45, 2.75) is 32.9 Å². The van der Waals surface area contributed by atoms with E-state index in [1.54, 1.807) is 11.1 Å². The van der Waals surface area contributed by atoms with Gasteiger partial charge in [-0.05, 0) is 61.4 Å². The van der Waals surface area contributed by atoms with Crippen LogP contribution in [0.3, 0.4) is 0 Å². The lowest BCUT2D eigenvalue weighted by Crippen LogP contribution is -2.31. The van der Waals surface area contributed by atoms with Gasteiger partial charge < -0.3 is 5.32 Å². The zero-order valence-electron chi connectivity index (χ0n) is 17.9. The largest absolute Gasteiger partial charge is 0.326 e. The van der Waals surface area contributed by atoms with Gasteiger partial charge in [-0.3, -0.25) is 24.0 Å². The molecule has 3 heterocycles. The van der Waals surface area contributed by atoms with Gasteiger partial charge in [0.05, 0.1) is 29.7 Å². The topological polar surface area (TPSA) is 80.1 Å². The number of rotatable bonds is 5. The van der Waals surface area contributed by atoms with E-state index >= 15 is 0 Å². The molecule has 0 radical (unpaired) electrons. The summed E-state index contributed by atoms with van der Waals surface area (Å²) in [5.74, 6) is 0.181. The van der Waals surface area contributed by atoms with Crippen LogP contribution >= 0.6 is 0 Å². The Balaban J connectivity index is 1.46. The lowest BCUT2D eigenvalue weighted by Gasteiger charge is -2.16. The minimum atomic E-state index is -0.660. The molecule has 0 fully saturated rings. The second-order valence-electron chi connectivity index (χ2n) is 8.08. The van der Waals surface area contributed by atoms with Crippen molar-refractivity contribution in [1.29, 1.82) is 0 Å². The van der Waals surface area contributed by atoms with Crippen molar-refractivity contribution in [3.63, 3.8) is 0 Å². The van der Waals surface area contributed by atoms with E-state index in [1.807, 2.05) is 79.1 Å². The number of aromatic nitrogens is 3. The van der Waals surface area contributed by atoms with Crippen LogP contribution < -0.4 is 10.2 Å². The summed E-state index contributed by atoms with van der Waals surface area (Å²) in [6.45, 7) is 4.34. The number of carbonyl (C=O) groups is 2. The minimum Gasteiger partial charge on any atom is -0.326 e. The number of nitrogens with one attached hydrogen (secondary N) is 1. The third kappa shape index (κ3) is 3.51. The number of fused-ring (bicyclic) bond motifs is 3. The van der Waals surface area contributed by atoms with Gasteiger partial charge in [-0.2, -0.15) is 0 Å². The number of benzene rings is 2. The van der Waals surface area contributed by atoms with Gasteiger partial charge in [-0.15, -0.1) is 0 Å². The van der Waals surface area contributed by atoms with Gasteiger partial charge >= 0.3 is 0 Å². The molecule has 2 aromatic heterocycles. The van der Waals surface area contributed by atoms with E-state index in [-0.39, 0.29) is 18.2 Å². The number of hydrogen-bond acceptors (Lipinski definition) is 4. The number of pyridine rings is 1. The molecule has 1 aliphatic rings. The van der Waals surface area contributed by atoms with E-state index in [0.29, 0.717) is 12.5 Å². The Bertz CT molecular complexity index is 1330. The Hall–Kier alpha value is -4.00. The van der Waals surface area contributed by atoms with E-state index in [2.05, 4.69) is 10.3 Å². The molecule has 0 aliphatic carbocycles. The molecule has 1 unspecified atom stereocenters. The molecule has 4 aromatic rings. The number of imidazole rings is 1. The van der Waals surface area contributed by atoms with Crippen LogP contribution in [-0.4, -0.2) is 26.3 Å². The number of nitrogens with zero attached hydrogens (tertiary/aromatic N) is 4. The standard InChI is InChI=1S/C25H23N5O2/c1-16-10-11-18(13-17(16)2)27-23(31)14-22-24(32)29(15-19-7-5-6-12-26-19)25-28-20-8-3-4-9-21(20)30(22)25/h3-13,22H,14-15H2,1-2H3,(H,27,31). The van der Waals surface area contributed by atoms with Crippen molar-refractivity contribution >= 4 is 34.5 Å². The SMILES string of the molecule is Cc1ccc(NC(=O)CC2C(=O)N(Cc3ccccn3)c3nc4ccccc4n32)cc1C. The summed E-state index contributed by atoms with van der Waals surface area (Å²) in [5, 5.41) is 2.94. The number of hydrogen-bond donors (Lipinski definition) is 1. The molecule has 2 aromatic carbocycles.